The number of benzene rings is 2. The second-order valence-corrected chi connectivity index (χ2v) is 5.81. The van der Waals surface area contributed by atoms with Gasteiger partial charge in [-0.3, -0.25) is 0 Å². The predicted molar refractivity (Wildman–Crippen MR) is 88.9 cm³/mol. The van der Waals surface area contributed by atoms with Crippen molar-refractivity contribution in [2.45, 2.75) is 19.4 Å². The number of halogens is 1. The van der Waals surface area contributed by atoms with Crippen molar-refractivity contribution in [3.05, 3.63) is 58.6 Å². The highest BCUT2D eigenvalue weighted by Crippen LogP contribution is 2.26. The molecule has 3 nitrogen and oxygen atoms in total. The second-order valence-electron chi connectivity index (χ2n) is 4.96. The topological polar surface area (TPSA) is 44.5 Å². The molecule has 0 fully saturated rings. The quantitative estimate of drug-likeness (QED) is 0.773. The van der Waals surface area contributed by atoms with Gasteiger partial charge in [-0.15, -0.1) is 0 Å². The molecule has 2 aromatic carbocycles. The first-order valence-electron chi connectivity index (χ1n) is 7.00. The fourth-order valence-electron chi connectivity index (χ4n) is 1.99. The van der Waals surface area contributed by atoms with Crippen LogP contribution in [0, 0.1) is 0 Å². The van der Waals surface area contributed by atoms with Gasteiger partial charge >= 0.3 is 0 Å². The number of para-hydroxylation sites is 1. The maximum absolute atomic E-state index is 5.80. The van der Waals surface area contributed by atoms with Gasteiger partial charge in [-0.05, 0) is 59.1 Å². The molecule has 0 aromatic heterocycles. The van der Waals surface area contributed by atoms with Crippen LogP contribution in [0.2, 0.25) is 0 Å². The minimum absolute atomic E-state index is 0.156. The molecule has 2 N–H and O–H groups in total. The monoisotopic (exact) mass is 349 g/mol. The van der Waals surface area contributed by atoms with Crippen LogP contribution in [0.25, 0.3) is 0 Å². The van der Waals surface area contributed by atoms with E-state index in [-0.39, 0.29) is 6.04 Å². The van der Waals surface area contributed by atoms with Gasteiger partial charge in [0.1, 0.15) is 24.7 Å². The Morgan fingerprint density at radius 3 is 2.43 bits per heavy atom. The van der Waals surface area contributed by atoms with Crippen LogP contribution in [0.3, 0.4) is 0 Å². The Hall–Kier alpha value is -1.52. The fraction of sp³-hybridized carbons (Fsp3) is 0.294. The number of hydrogen-bond donors (Lipinski definition) is 1. The summed E-state index contributed by atoms with van der Waals surface area (Å²) in [5, 5.41) is 0. The van der Waals surface area contributed by atoms with Crippen LogP contribution in [0.1, 0.15) is 12.5 Å². The third-order valence-corrected chi connectivity index (χ3v) is 3.53. The van der Waals surface area contributed by atoms with E-state index in [1.807, 2.05) is 49.4 Å². The molecule has 0 radical (unpaired) electrons. The first-order valence-corrected chi connectivity index (χ1v) is 7.79. The minimum Gasteiger partial charge on any atom is -0.490 e. The van der Waals surface area contributed by atoms with Gasteiger partial charge in [-0.2, -0.15) is 0 Å². The largest absolute Gasteiger partial charge is 0.490 e. The average Bonchev–Trinajstić information content (AvgIpc) is 2.46. The van der Waals surface area contributed by atoms with Gasteiger partial charge in [-0.1, -0.05) is 24.3 Å². The Kier molecular flexibility index (Phi) is 6.08. The lowest BCUT2D eigenvalue weighted by atomic mass is 10.1. The van der Waals surface area contributed by atoms with Crippen LogP contribution >= 0.6 is 15.9 Å². The van der Waals surface area contributed by atoms with Crippen molar-refractivity contribution in [2.24, 2.45) is 5.73 Å². The van der Waals surface area contributed by atoms with Gasteiger partial charge in [0.05, 0.1) is 4.47 Å². The lowest BCUT2D eigenvalue weighted by Gasteiger charge is -2.11. The van der Waals surface area contributed by atoms with Gasteiger partial charge in [0.25, 0.3) is 0 Å². The van der Waals surface area contributed by atoms with Gasteiger partial charge in [0.2, 0.25) is 0 Å². The Bertz CT molecular complexity index is 558. The molecule has 112 valence electrons. The van der Waals surface area contributed by atoms with E-state index in [1.54, 1.807) is 0 Å². The number of rotatable bonds is 7. The predicted octanol–water partition coefficient (Wildman–Crippen LogP) is 3.80. The lowest BCUT2D eigenvalue weighted by Crippen LogP contribution is -2.17. The second kappa shape index (κ2) is 8.05. The average molecular weight is 350 g/mol. The third kappa shape index (κ3) is 5.40. The van der Waals surface area contributed by atoms with Gasteiger partial charge < -0.3 is 15.2 Å². The molecule has 4 heteroatoms. The van der Waals surface area contributed by atoms with E-state index in [0.29, 0.717) is 13.2 Å². The Labute approximate surface area is 134 Å². The molecular formula is C17H20BrNO2. The Balaban J connectivity index is 1.80. The Morgan fingerprint density at radius 2 is 1.76 bits per heavy atom. The SMILES string of the molecule is CC(N)Cc1ccc(OCCOc2ccccc2)c(Br)c1. The zero-order chi connectivity index (χ0) is 15.1. The molecule has 0 saturated carbocycles. The molecule has 2 rings (SSSR count). The molecular weight excluding hydrogens is 330 g/mol. The van der Waals surface area contributed by atoms with Crippen LogP contribution in [0.5, 0.6) is 11.5 Å². The molecule has 0 aliphatic carbocycles. The summed E-state index contributed by atoms with van der Waals surface area (Å²) in [5.41, 5.74) is 7.00. The Morgan fingerprint density at radius 1 is 1.05 bits per heavy atom. The van der Waals surface area contributed by atoms with Gasteiger partial charge in [0.15, 0.2) is 0 Å². The van der Waals surface area contributed by atoms with Crippen LogP contribution < -0.4 is 15.2 Å². The van der Waals surface area contributed by atoms with E-state index in [4.69, 9.17) is 15.2 Å². The van der Waals surface area contributed by atoms with Gasteiger partial charge in [0, 0.05) is 6.04 Å². The molecule has 0 heterocycles. The molecule has 0 bridgehead atoms. The summed E-state index contributed by atoms with van der Waals surface area (Å²) >= 11 is 3.53. The number of ether oxygens (including phenoxy) is 2. The summed E-state index contributed by atoms with van der Waals surface area (Å²) in [6.07, 6.45) is 0.857. The summed E-state index contributed by atoms with van der Waals surface area (Å²) < 4.78 is 12.2. The van der Waals surface area contributed by atoms with Gasteiger partial charge in [-0.25, -0.2) is 0 Å². The van der Waals surface area contributed by atoms with E-state index < -0.39 is 0 Å². The van der Waals surface area contributed by atoms with E-state index >= 15 is 0 Å². The van der Waals surface area contributed by atoms with E-state index in [1.165, 1.54) is 5.56 Å². The first kappa shape index (κ1) is 15.9. The van der Waals surface area contributed by atoms with E-state index in [2.05, 4.69) is 22.0 Å². The molecule has 1 atom stereocenters. The summed E-state index contributed by atoms with van der Waals surface area (Å²) in [7, 11) is 0. The molecule has 0 aliphatic rings. The molecule has 0 amide bonds. The maximum atomic E-state index is 5.80. The van der Waals surface area contributed by atoms with Crippen molar-refractivity contribution in [3.8, 4) is 11.5 Å². The first-order chi connectivity index (χ1) is 10.1. The molecule has 1 unspecified atom stereocenters. The number of hydrogen-bond acceptors (Lipinski definition) is 3. The summed E-state index contributed by atoms with van der Waals surface area (Å²) in [4.78, 5) is 0. The third-order valence-electron chi connectivity index (χ3n) is 2.91. The van der Waals surface area contributed by atoms with Crippen molar-refractivity contribution >= 4 is 15.9 Å². The van der Waals surface area contributed by atoms with Crippen LogP contribution in [0.4, 0.5) is 0 Å². The molecule has 0 spiro atoms. The van der Waals surface area contributed by atoms with E-state index in [9.17, 15) is 0 Å². The van der Waals surface area contributed by atoms with Crippen LogP contribution in [0.15, 0.2) is 53.0 Å². The van der Waals surface area contributed by atoms with Crippen molar-refractivity contribution in [1.82, 2.24) is 0 Å². The molecule has 0 aliphatic heterocycles. The van der Waals surface area contributed by atoms with Crippen molar-refractivity contribution in [2.75, 3.05) is 13.2 Å². The van der Waals surface area contributed by atoms with Crippen molar-refractivity contribution < 1.29 is 9.47 Å². The highest BCUT2D eigenvalue weighted by Gasteiger charge is 2.04. The van der Waals surface area contributed by atoms with Crippen molar-refractivity contribution in [1.29, 1.82) is 0 Å². The smallest absolute Gasteiger partial charge is 0.133 e. The molecule has 21 heavy (non-hydrogen) atoms. The molecule has 2 aromatic rings. The van der Waals surface area contributed by atoms with E-state index in [0.717, 1.165) is 22.4 Å². The summed E-state index contributed by atoms with van der Waals surface area (Å²) in [5.74, 6) is 1.67. The normalized spacial score (nSPS) is 12.0. The summed E-state index contributed by atoms with van der Waals surface area (Å²) in [6, 6.07) is 15.9. The minimum atomic E-state index is 0.156. The van der Waals surface area contributed by atoms with Crippen LogP contribution in [-0.4, -0.2) is 19.3 Å². The lowest BCUT2D eigenvalue weighted by molar-refractivity contribution is 0.216. The summed E-state index contributed by atoms with van der Waals surface area (Å²) in [6.45, 7) is 3.01. The maximum Gasteiger partial charge on any atom is 0.133 e. The van der Waals surface area contributed by atoms with Crippen molar-refractivity contribution in [3.63, 3.8) is 0 Å². The molecule has 0 saturated heterocycles. The highest BCUT2D eigenvalue weighted by atomic mass is 79.9. The highest BCUT2D eigenvalue weighted by molar-refractivity contribution is 9.10. The zero-order valence-electron chi connectivity index (χ0n) is 12.1. The zero-order valence-corrected chi connectivity index (χ0v) is 13.7. The number of nitrogens with two attached hydrogens (primary N) is 1. The standard InChI is InChI=1S/C17H20BrNO2/c1-13(19)11-14-7-8-17(16(18)12-14)21-10-9-20-15-5-3-2-4-6-15/h2-8,12-13H,9-11,19H2,1H3. The fourth-order valence-corrected chi connectivity index (χ4v) is 2.53. The van der Waals surface area contributed by atoms with Crippen LogP contribution in [-0.2, 0) is 6.42 Å².